The van der Waals surface area contributed by atoms with Crippen LogP contribution < -0.4 is 9.21 Å². The number of hydrogen-bond donors (Lipinski definition) is 0. The van der Waals surface area contributed by atoms with Gasteiger partial charge in [-0.1, -0.05) is 25.1 Å². The number of benzene rings is 1. The second-order valence-corrected chi connectivity index (χ2v) is 8.55. The van der Waals surface area contributed by atoms with Gasteiger partial charge in [-0.2, -0.15) is 0 Å². The van der Waals surface area contributed by atoms with Gasteiger partial charge in [0.05, 0.1) is 5.69 Å². The highest BCUT2D eigenvalue weighted by Crippen LogP contribution is 2.24. The Morgan fingerprint density at radius 1 is 1.00 bits per heavy atom. The summed E-state index contributed by atoms with van der Waals surface area (Å²) in [6.07, 6.45) is 2.65. The van der Waals surface area contributed by atoms with Crippen molar-refractivity contribution >= 4 is 21.5 Å². The zero-order chi connectivity index (χ0) is 19.3. The minimum absolute atomic E-state index is 0.224. The van der Waals surface area contributed by atoms with Gasteiger partial charge in [0, 0.05) is 38.9 Å². The highest BCUT2D eigenvalue weighted by Gasteiger charge is 2.24. The molecule has 146 valence electrons. The summed E-state index contributed by atoms with van der Waals surface area (Å²) in [5, 5.41) is 0. The molecule has 0 spiro atoms. The Labute approximate surface area is 162 Å². The first kappa shape index (κ1) is 19.6. The van der Waals surface area contributed by atoms with Crippen molar-refractivity contribution in [1.82, 2.24) is 9.88 Å². The van der Waals surface area contributed by atoms with Gasteiger partial charge >= 0.3 is 0 Å². The van der Waals surface area contributed by atoms with Crippen LogP contribution in [0.15, 0.2) is 53.6 Å². The Morgan fingerprint density at radius 3 is 2.26 bits per heavy atom. The van der Waals surface area contributed by atoms with E-state index in [2.05, 4.69) is 21.7 Å². The second-order valence-electron chi connectivity index (χ2n) is 6.69. The molecule has 27 heavy (non-hydrogen) atoms. The molecule has 0 saturated carbocycles. The van der Waals surface area contributed by atoms with Gasteiger partial charge in [0.1, 0.15) is 10.7 Å². The molecular weight excluding hydrogens is 360 g/mol. The summed E-state index contributed by atoms with van der Waals surface area (Å²) >= 11 is 0. The molecular formula is C20H28N4O2S. The van der Waals surface area contributed by atoms with Crippen molar-refractivity contribution in [2.24, 2.45) is 0 Å². The van der Waals surface area contributed by atoms with E-state index in [4.69, 9.17) is 0 Å². The third kappa shape index (κ3) is 4.42. The summed E-state index contributed by atoms with van der Waals surface area (Å²) in [4.78, 5) is 9.35. The summed E-state index contributed by atoms with van der Waals surface area (Å²) in [5.41, 5.74) is 0.663. The van der Waals surface area contributed by atoms with Crippen molar-refractivity contribution in [3.05, 3.63) is 48.7 Å². The molecule has 0 bridgehead atoms. The van der Waals surface area contributed by atoms with Crippen LogP contribution in [0.3, 0.4) is 0 Å². The fourth-order valence-corrected chi connectivity index (χ4v) is 4.86. The van der Waals surface area contributed by atoms with Gasteiger partial charge in [-0.05, 0) is 44.2 Å². The summed E-state index contributed by atoms with van der Waals surface area (Å²) in [7, 11) is -3.62. The molecule has 1 saturated heterocycles. The number of pyridine rings is 1. The Hall–Kier alpha value is -2.12. The van der Waals surface area contributed by atoms with E-state index >= 15 is 0 Å². The largest absolute Gasteiger partial charge is 0.354 e. The van der Waals surface area contributed by atoms with Crippen LogP contribution in [0.2, 0.25) is 0 Å². The van der Waals surface area contributed by atoms with Gasteiger partial charge in [0.2, 0.25) is 0 Å². The zero-order valence-corrected chi connectivity index (χ0v) is 16.9. The van der Waals surface area contributed by atoms with E-state index in [1.54, 1.807) is 18.2 Å². The van der Waals surface area contributed by atoms with Crippen LogP contribution in [0, 0.1) is 0 Å². The Kier molecular flexibility index (Phi) is 6.34. The summed E-state index contributed by atoms with van der Waals surface area (Å²) in [6.45, 7) is 9.41. The van der Waals surface area contributed by atoms with Gasteiger partial charge in [-0.25, -0.2) is 13.4 Å². The quantitative estimate of drug-likeness (QED) is 0.730. The van der Waals surface area contributed by atoms with Crippen molar-refractivity contribution in [2.75, 3.05) is 48.5 Å². The number of piperazine rings is 1. The van der Waals surface area contributed by atoms with E-state index < -0.39 is 10.0 Å². The van der Waals surface area contributed by atoms with E-state index in [0.29, 0.717) is 12.2 Å². The Balaban J connectivity index is 1.74. The monoisotopic (exact) mass is 388 g/mol. The fourth-order valence-electron chi connectivity index (χ4n) is 3.44. The maximum atomic E-state index is 13.0. The van der Waals surface area contributed by atoms with E-state index in [1.807, 2.05) is 31.2 Å². The average Bonchev–Trinajstić information content (AvgIpc) is 2.70. The average molecular weight is 389 g/mol. The fraction of sp³-hybridized carbons (Fsp3) is 0.450. The van der Waals surface area contributed by atoms with Gasteiger partial charge in [-0.3, -0.25) is 9.21 Å². The van der Waals surface area contributed by atoms with Gasteiger partial charge < -0.3 is 4.90 Å². The molecule has 2 heterocycles. The lowest BCUT2D eigenvalue weighted by Gasteiger charge is -2.35. The van der Waals surface area contributed by atoms with Crippen molar-refractivity contribution < 1.29 is 8.42 Å². The topological polar surface area (TPSA) is 56.8 Å². The molecule has 1 aromatic carbocycles. The van der Waals surface area contributed by atoms with Gasteiger partial charge in [-0.15, -0.1) is 0 Å². The first-order valence-electron chi connectivity index (χ1n) is 9.57. The van der Waals surface area contributed by atoms with Crippen LogP contribution in [0.25, 0.3) is 0 Å². The maximum absolute atomic E-state index is 13.0. The van der Waals surface area contributed by atoms with E-state index in [1.165, 1.54) is 16.9 Å². The molecule has 0 N–H and O–H groups in total. The molecule has 0 unspecified atom stereocenters. The number of hydrogen-bond acceptors (Lipinski definition) is 5. The lowest BCUT2D eigenvalue weighted by Crippen LogP contribution is -2.46. The van der Waals surface area contributed by atoms with Crippen LogP contribution in [0.4, 0.5) is 11.5 Å². The van der Waals surface area contributed by atoms with Crippen molar-refractivity contribution in [2.45, 2.75) is 25.2 Å². The van der Waals surface area contributed by atoms with E-state index in [0.717, 1.165) is 38.5 Å². The number of aromatic nitrogens is 1. The lowest BCUT2D eigenvalue weighted by molar-refractivity contribution is 0.258. The molecule has 1 aliphatic rings. The van der Waals surface area contributed by atoms with Gasteiger partial charge in [0.25, 0.3) is 10.0 Å². The molecule has 0 atom stereocenters. The normalized spacial score (nSPS) is 15.7. The van der Waals surface area contributed by atoms with Crippen LogP contribution >= 0.6 is 0 Å². The second kappa shape index (κ2) is 8.71. The molecule has 0 amide bonds. The number of para-hydroxylation sites is 1. The standard InChI is InChI=1S/C20H28N4O2S/c1-3-12-22-13-15-23(16-14-22)20-11-10-19(17-21-20)27(25,26)24(4-2)18-8-6-5-7-9-18/h5-11,17H,3-4,12-16H2,1-2H3. The van der Waals surface area contributed by atoms with Crippen LogP contribution in [-0.4, -0.2) is 57.6 Å². The van der Waals surface area contributed by atoms with Crippen molar-refractivity contribution in [1.29, 1.82) is 0 Å². The first-order valence-corrected chi connectivity index (χ1v) is 11.0. The number of rotatable bonds is 7. The molecule has 7 heteroatoms. The Morgan fingerprint density at radius 2 is 1.70 bits per heavy atom. The molecule has 0 radical (unpaired) electrons. The summed E-state index contributed by atoms with van der Waals surface area (Å²) in [6, 6.07) is 12.7. The first-order chi connectivity index (χ1) is 13.1. The van der Waals surface area contributed by atoms with E-state index in [-0.39, 0.29) is 4.90 Å². The van der Waals surface area contributed by atoms with Crippen molar-refractivity contribution in [3.63, 3.8) is 0 Å². The van der Waals surface area contributed by atoms with Gasteiger partial charge in [0.15, 0.2) is 0 Å². The van der Waals surface area contributed by atoms with Crippen LogP contribution in [0.1, 0.15) is 20.3 Å². The number of anilines is 2. The lowest BCUT2D eigenvalue weighted by atomic mass is 10.3. The Bertz CT molecular complexity index is 817. The number of nitrogens with zero attached hydrogens (tertiary/aromatic N) is 4. The molecule has 2 aromatic rings. The smallest absolute Gasteiger partial charge is 0.265 e. The predicted molar refractivity (Wildman–Crippen MR) is 110 cm³/mol. The minimum atomic E-state index is -3.62. The molecule has 1 fully saturated rings. The van der Waals surface area contributed by atoms with Crippen LogP contribution in [0.5, 0.6) is 0 Å². The van der Waals surface area contributed by atoms with Crippen molar-refractivity contribution in [3.8, 4) is 0 Å². The molecule has 0 aliphatic carbocycles. The maximum Gasteiger partial charge on any atom is 0.265 e. The minimum Gasteiger partial charge on any atom is -0.354 e. The third-order valence-corrected chi connectivity index (χ3v) is 6.76. The third-order valence-electron chi connectivity index (χ3n) is 4.88. The zero-order valence-electron chi connectivity index (χ0n) is 16.1. The molecule has 3 rings (SSSR count). The summed E-state index contributed by atoms with van der Waals surface area (Å²) < 4.78 is 27.5. The van der Waals surface area contributed by atoms with E-state index in [9.17, 15) is 8.42 Å². The SMILES string of the molecule is CCCN1CCN(c2ccc(S(=O)(=O)N(CC)c3ccccc3)cn2)CC1. The highest BCUT2D eigenvalue weighted by molar-refractivity contribution is 7.92. The molecule has 1 aromatic heterocycles. The van der Waals surface area contributed by atoms with Crippen LogP contribution in [-0.2, 0) is 10.0 Å². The predicted octanol–water partition coefficient (Wildman–Crippen LogP) is 2.83. The molecule has 6 nitrogen and oxygen atoms in total. The molecule has 1 aliphatic heterocycles. The summed E-state index contributed by atoms with van der Waals surface area (Å²) in [5.74, 6) is 0.841. The number of sulfonamides is 1. The highest BCUT2D eigenvalue weighted by atomic mass is 32.2.